The Hall–Kier alpha value is -2.13. The SMILES string of the molecule is O=C(CN1CCC(Cc2ccccc2)CC1)N1CCc2ccccc21. The minimum Gasteiger partial charge on any atom is -0.311 e. The number of rotatable bonds is 4. The molecule has 2 aliphatic heterocycles. The summed E-state index contributed by atoms with van der Waals surface area (Å²) in [6, 6.07) is 19.1. The molecule has 3 heteroatoms. The number of amides is 1. The summed E-state index contributed by atoms with van der Waals surface area (Å²) in [6.07, 6.45) is 4.54. The van der Waals surface area contributed by atoms with Crippen LogP contribution in [0.1, 0.15) is 24.0 Å². The van der Waals surface area contributed by atoms with E-state index < -0.39 is 0 Å². The topological polar surface area (TPSA) is 23.6 Å². The second-order valence-corrected chi connectivity index (χ2v) is 7.33. The van der Waals surface area contributed by atoms with Gasteiger partial charge in [-0.2, -0.15) is 0 Å². The standard InChI is InChI=1S/C22H26N2O/c25-22(24-15-12-20-8-4-5-9-21(20)24)17-23-13-10-19(11-14-23)16-18-6-2-1-3-7-18/h1-9,19H,10-17H2. The molecule has 130 valence electrons. The van der Waals surface area contributed by atoms with E-state index in [2.05, 4.69) is 53.4 Å². The van der Waals surface area contributed by atoms with Crippen LogP contribution in [0, 0.1) is 5.92 Å². The molecule has 0 atom stereocenters. The highest BCUT2D eigenvalue weighted by molar-refractivity contribution is 5.96. The van der Waals surface area contributed by atoms with E-state index in [9.17, 15) is 4.79 Å². The Bertz CT molecular complexity index is 720. The van der Waals surface area contributed by atoms with Crippen molar-refractivity contribution in [1.29, 1.82) is 0 Å². The lowest BCUT2D eigenvalue weighted by Gasteiger charge is -2.32. The molecule has 0 aliphatic carbocycles. The Morgan fingerprint density at radius 3 is 2.44 bits per heavy atom. The summed E-state index contributed by atoms with van der Waals surface area (Å²) in [5.74, 6) is 1.01. The number of para-hydroxylation sites is 1. The first kappa shape index (κ1) is 16.3. The molecule has 0 spiro atoms. The Balaban J connectivity index is 1.28. The van der Waals surface area contributed by atoms with Gasteiger partial charge in [-0.1, -0.05) is 48.5 Å². The number of benzene rings is 2. The summed E-state index contributed by atoms with van der Waals surface area (Å²) >= 11 is 0. The van der Waals surface area contributed by atoms with E-state index in [4.69, 9.17) is 0 Å². The minimum absolute atomic E-state index is 0.256. The summed E-state index contributed by atoms with van der Waals surface area (Å²) in [6.45, 7) is 3.48. The first-order valence-corrected chi connectivity index (χ1v) is 9.44. The maximum Gasteiger partial charge on any atom is 0.241 e. The predicted molar refractivity (Wildman–Crippen MR) is 102 cm³/mol. The molecule has 2 aromatic rings. The van der Waals surface area contributed by atoms with Crippen LogP contribution in [0.25, 0.3) is 0 Å². The fourth-order valence-electron chi connectivity index (χ4n) is 4.17. The van der Waals surface area contributed by atoms with Crippen LogP contribution in [0.2, 0.25) is 0 Å². The smallest absolute Gasteiger partial charge is 0.241 e. The number of likely N-dealkylation sites (tertiary alicyclic amines) is 1. The molecular formula is C22H26N2O. The van der Waals surface area contributed by atoms with Crippen molar-refractivity contribution in [2.45, 2.75) is 25.7 Å². The van der Waals surface area contributed by atoms with Gasteiger partial charge >= 0.3 is 0 Å². The zero-order valence-electron chi connectivity index (χ0n) is 14.7. The first-order chi connectivity index (χ1) is 12.3. The molecule has 4 rings (SSSR count). The molecule has 2 heterocycles. The van der Waals surface area contributed by atoms with Gasteiger partial charge in [0.25, 0.3) is 0 Å². The zero-order valence-corrected chi connectivity index (χ0v) is 14.7. The molecule has 0 unspecified atom stereocenters. The van der Waals surface area contributed by atoms with Gasteiger partial charge in [0.05, 0.1) is 6.54 Å². The molecule has 1 fully saturated rings. The van der Waals surface area contributed by atoms with E-state index in [0.29, 0.717) is 6.54 Å². The highest BCUT2D eigenvalue weighted by Crippen LogP contribution is 2.28. The third kappa shape index (κ3) is 3.77. The zero-order chi connectivity index (χ0) is 17.1. The molecule has 2 aromatic carbocycles. The average Bonchev–Trinajstić information content (AvgIpc) is 3.08. The summed E-state index contributed by atoms with van der Waals surface area (Å²) in [4.78, 5) is 17.0. The number of hydrogen-bond donors (Lipinski definition) is 0. The minimum atomic E-state index is 0.256. The van der Waals surface area contributed by atoms with Gasteiger partial charge in [0.1, 0.15) is 0 Å². The van der Waals surface area contributed by atoms with Crippen LogP contribution in [0.3, 0.4) is 0 Å². The molecule has 3 nitrogen and oxygen atoms in total. The fourth-order valence-corrected chi connectivity index (χ4v) is 4.17. The fraction of sp³-hybridized carbons (Fsp3) is 0.409. The van der Waals surface area contributed by atoms with Crippen LogP contribution in [0.15, 0.2) is 54.6 Å². The maximum absolute atomic E-state index is 12.7. The summed E-state index contributed by atoms with van der Waals surface area (Å²) in [5, 5.41) is 0. The van der Waals surface area contributed by atoms with Crippen LogP contribution in [0.5, 0.6) is 0 Å². The largest absolute Gasteiger partial charge is 0.311 e. The second-order valence-electron chi connectivity index (χ2n) is 7.33. The van der Waals surface area contributed by atoms with Crippen molar-refractivity contribution in [3.8, 4) is 0 Å². The van der Waals surface area contributed by atoms with E-state index in [0.717, 1.165) is 37.7 Å². The van der Waals surface area contributed by atoms with Crippen molar-refractivity contribution in [2.75, 3.05) is 31.1 Å². The number of carbonyl (C=O) groups excluding carboxylic acids is 1. The molecule has 0 radical (unpaired) electrons. The predicted octanol–water partition coefficient (Wildman–Crippen LogP) is 3.53. The van der Waals surface area contributed by atoms with Crippen molar-refractivity contribution in [1.82, 2.24) is 4.90 Å². The van der Waals surface area contributed by atoms with Gasteiger partial charge < -0.3 is 4.90 Å². The van der Waals surface area contributed by atoms with Gasteiger partial charge in [0.15, 0.2) is 0 Å². The lowest BCUT2D eigenvalue weighted by Crippen LogP contribution is -2.43. The van der Waals surface area contributed by atoms with Crippen LogP contribution in [-0.4, -0.2) is 37.0 Å². The monoisotopic (exact) mass is 334 g/mol. The second kappa shape index (κ2) is 7.40. The molecular weight excluding hydrogens is 308 g/mol. The molecule has 0 bridgehead atoms. The van der Waals surface area contributed by atoms with E-state index >= 15 is 0 Å². The molecule has 0 saturated carbocycles. The number of carbonyl (C=O) groups is 1. The highest BCUT2D eigenvalue weighted by atomic mass is 16.2. The average molecular weight is 334 g/mol. The van der Waals surface area contributed by atoms with Crippen molar-refractivity contribution in [3.05, 3.63) is 65.7 Å². The first-order valence-electron chi connectivity index (χ1n) is 9.44. The van der Waals surface area contributed by atoms with Gasteiger partial charge in [0.2, 0.25) is 5.91 Å². The normalized spacial score (nSPS) is 18.3. The quantitative estimate of drug-likeness (QED) is 0.854. The highest BCUT2D eigenvalue weighted by Gasteiger charge is 2.27. The lowest BCUT2D eigenvalue weighted by atomic mass is 9.90. The third-order valence-corrected chi connectivity index (χ3v) is 5.62. The van der Waals surface area contributed by atoms with Crippen LogP contribution >= 0.6 is 0 Å². The van der Waals surface area contributed by atoms with Crippen LogP contribution < -0.4 is 4.90 Å². The number of fused-ring (bicyclic) bond motifs is 1. The Labute approximate surface area is 150 Å². The summed E-state index contributed by atoms with van der Waals surface area (Å²) in [5.41, 5.74) is 3.86. The van der Waals surface area contributed by atoms with Gasteiger partial charge in [-0.05, 0) is 61.9 Å². The Kier molecular flexibility index (Phi) is 4.84. The van der Waals surface area contributed by atoms with E-state index in [1.807, 2.05) is 11.0 Å². The van der Waals surface area contributed by atoms with E-state index in [1.165, 1.54) is 30.4 Å². The van der Waals surface area contributed by atoms with E-state index in [1.54, 1.807) is 0 Å². The van der Waals surface area contributed by atoms with Crippen LogP contribution in [0.4, 0.5) is 5.69 Å². The van der Waals surface area contributed by atoms with Crippen LogP contribution in [-0.2, 0) is 17.6 Å². The summed E-state index contributed by atoms with van der Waals surface area (Å²) < 4.78 is 0. The molecule has 0 aromatic heterocycles. The van der Waals surface area contributed by atoms with E-state index in [-0.39, 0.29) is 5.91 Å². The van der Waals surface area contributed by atoms with Gasteiger partial charge in [0, 0.05) is 12.2 Å². The number of hydrogen-bond acceptors (Lipinski definition) is 2. The van der Waals surface area contributed by atoms with Gasteiger partial charge in [-0.15, -0.1) is 0 Å². The number of nitrogens with zero attached hydrogens (tertiary/aromatic N) is 2. The third-order valence-electron chi connectivity index (χ3n) is 5.62. The summed E-state index contributed by atoms with van der Waals surface area (Å²) in [7, 11) is 0. The Morgan fingerprint density at radius 1 is 0.920 bits per heavy atom. The van der Waals surface area contributed by atoms with Crippen molar-refractivity contribution in [2.24, 2.45) is 5.92 Å². The molecule has 2 aliphatic rings. The molecule has 0 N–H and O–H groups in total. The van der Waals surface area contributed by atoms with Gasteiger partial charge in [-0.25, -0.2) is 0 Å². The number of piperidine rings is 1. The number of anilines is 1. The Morgan fingerprint density at radius 2 is 1.64 bits per heavy atom. The molecule has 25 heavy (non-hydrogen) atoms. The van der Waals surface area contributed by atoms with Gasteiger partial charge in [-0.3, -0.25) is 9.69 Å². The molecule has 1 saturated heterocycles. The van der Waals surface area contributed by atoms with Crippen molar-refractivity contribution >= 4 is 11.6 Å². The maximum atomic E-state index is 12.7. The lowest BCUT2D eigenvalue weighted by molar-refractivity contribution is -0.120. The van der Waals surface area contributed by atoms with Crippen molar-refractivity contribution < 1.29 is 4.79 Å². The molecule has 1 amide bonds. The van der Waals surface area contributed by atoms with Crippen molar-refractivity contribution in [3.63, 3.8) is 0 Å².